The van der Waals surface area contributed by atoms with E-state index >= 15 is 0 Å². The lowest BCUT2D eigenvalue weighted by Gasteiger charge is -2.44. The summed E-state index contributed by atoms with van der Waals surface area (Å²) < 4.78 is 89.9. The summed E-state index contributed by atoms with van der Waals surface area (Å²) in [4.78, 5) is 63.7. The molecule has 1 aromatic heterocycles. The fourth-order valence-electron chi connectivity index (χ4n) is 7.09. The van der Waals surface area contributed by atoms with E-state index in [0.29, 0.717) is 29.7 Å². The number of esters is 4. The van der Waals surface area contributed by atoms with Gasteiger partial charge in [-0.1, -0.05) is 12.0 Å². The van der Waals surface area contributed by atoms with Gasteiger partial charge in [-0.25, -0.2) is 4.39 Å². The van der Waals surface area contributed by atoms with E-state index < -0.39 is 92.0 Å². The van der Waals surface area contributed by atoms with Gasteiger partial charge in [-0.3, -0.25) is 24.0 Å². The summed E-state index contributed by atoms with van der Waals surface area (Å²) in [5.74, 6) is 1.80. The molecule has 330 valence electrons. The van der Waals surface area contributed by atoms with Crippen LogP contribution in [0.25, 0.3) is 10.9 Å². The number of halogens is 4. The lowest BCUT2D eigenvalue weighted by Crippen LogP contribution is -2.67. The predicted molar refractivity (Wildman–Crippen MR) is 210 cm³/mol. The van der Waals surface area contributed by atoms with E-state index in [-0.39, 0.29) is 35.6 Å². The highest BCUT2D eigenvalue weighted by Gasteiger charge is 2.52. The Bertz CT molecular complexity index is 2170. The first-order valence-electron chi connectivity index (χ1n) is 19.1. The van der Waals surface area contributed by atoms with E-state index in [1.54, 1.807) is 18.2 Å². The van der Waals surface area contributed by atoms with Crippen molar-refractivity contribution in [3.05, 3.63) is 53.7 Å². The number of aromatic nitrogens is 1. The number of hydrogen-bond donors (Lipinski definition) is 3. The first-order chi connectivity index (χ1) is 28.8. The minimum atomic E-state index is -4.56. The van der Waals surface area contributed by atoms with Crippen LogP contribution in [0.4, 0.5) is 28.9 Å². The van der Waals surface area contributed by atoms with Crippen molar-refractivity contribution in [2.45, 2.75) is 89.7 Å². The summed E-state index contributed by atoms with van der Waals surface area (Å²) in [5, 5.41) is 9.30. The molecule has 2 aromatic carbocycles. The topological polar surface area (TPSA) is 185 Å². The minimum absolute atomic E-state index is 0.00289. The molecule has 61 heavy (non-hydrogen) atoms. The Morgan fingerprint density at radius 1 is 0.918 bits per heavy atom. The number of ether oxygens (including phenoxy) is 6. The van der Waals surface area contributed by atoms with Gasteiger partial charge in [-0.05, 0) is 55.8 Å². The molecule has 0 aliphatic carbocycles. The number of benzene rings is 2. The van der Waals surface area contributed by atoms with Crippen molar-refractivity contribution >= 4 is 52.1 Å². The highest BCUT2D eigenvalue weighted by Crippen LogP contribution is 2.33. The van der Waals surface area contributed by atoms with E-state index in [9.17, 15) is 41.5 Å². The Morgan fingerprint density at radius 3 is 2.26 bits per heavy atom. The molecule has 3 aromatic rings. The normalized spacial score (nSPS) is 22.8. The number of carbonyl (C=O) groups excluding carboxylic acids is 5. The van der Waals surface area contributed by atoms with Crippen LogP contribution in [-0.4, -0.2) is 129 Å². The van der Waals surface area contributed by atoms with Gasteiger partial charge in [0.15, 0.2) is 12.2 Å². The van der Waals surface area contributed by atoms with Crippen molar-refractivity contribution in [2.24, 2.45) is 0 Å². The smallest absolute Gasteiger partial charge is 0.406 e. The van der Waals surface area contributed by atoms with E-state index in [1.165, 1.54) is 31.4 Å². The zero-order valence-electron chi connectivity index (χ0n) is 34.2. The van der Waals surface area contributed by atoms with Gasteiger partial charge < -0.3 is 53.8 Å². The van der Waals surface area contributed by atoms with E-state index in [2.05, 4.69) is 27.8 Å². The summed E-state index contributed by atoms with van der Waals surface area (Å²) in [5.41, 5.74) is 1.22. The lowest BCUT2D eigenvalue weighted by molar-refractivity contribution is -0.270. The molecule has 16 nitrogen and oxygen atoms in total. The number of methoxy groups -OCH3 is 1. The van der Waals surface area contributed by atoms with Gasteiger partial charge in [-0.2, -0.15) is 13.2 Å². The number of fused-ring (bicyclic) bond motifs is 1. The maximum absolute atomic E-state index is 14.9. The van der Waals surface area contributed by atoms with Crippen LogP contribution in [0.2, 0.25) is 0 Å². The van der Waals surface area contributed by atoms with Gasteiger partial charge in [0, 0.05) is 57.4 Å². The van der Waals surface area contributed by atoms with Gasteiger partial charge >= 0.3 is 30.1 Å². The molecule has 2 aliphatic heterocycles. The van der Waals surface area contributed by atoms with Crippen LogP contribution < -0.4 is 20.7 Å². The van der Waals surface area contributed by atoms with Crippen molar-refractivity contribution in [3.8, 4) is 17.6 Å². The Hall–Kier alpha value is -6.07. The number of nitrogens with zero attached hydrogens (tertiary/aromatic N) is 2. The summed E-state index contributed by atoms with van der Waals surface area (Å²) in [6.07, 6.45) is -11.0. The molecule has 3 heterocycles. The number of alkyl halides is 4. The van der Waals surface area contributed by atoms with Crippen LogP contribution in [0, 0.1) is 11.8 Å². The van der Waals surface area contributed by atoms with Crippen LogP contribution in [-0.2, 0) is 49.4 Å². The molecule has 0 saturated carbocycles. The molecule has 2 aliphatic rings. The molecule has 0 radical (unpaired) electrons. The van der Waals surface area contributed by atoms with Gasteiger partial charge in [0.1, 0.15) is 37.2 Å². The molecule has 0 bridgehead atoms. The fraction of sp³-hybridized carbons (Fsp3) is 0.488. The number of carbonyl (C=O) groups is 5. The SMILES string of the molecule is COc1cc(C(=O)N[C@H]2[C@H](OC(C)=O)O[C@H](COC(C)=O)[C@@H](OC(C)=O)[C@@H]2OC(C)=O)ccc1NCC#Cc1cc2c(N[C@@H]3CCN(C)C[C@@H]3F)cccc2n1CC(F)(F)F. The molecular formula is C41H47F4N5O11. The molecule has 3 N–H and O–H groups in total. The average molecular weight is 862 g/mol. The maximum Gasteiger partial charge on any atom is 0.406 e. The van der Waals surface area contributed by atoms with E-state index in [4.69, 9.17) is 28.4 Å². The van der Waals surface area contributed by atoms with Gasteiger partial charge in [-0.15, -0.1) is 0 Å². The molecule has 5 rings (SSSR count). The third-order valence-corrected chi connectivity index (χ3v) is 9.70. The lowest BCUT2D eigenvalue weighted by atomic mass is 9.95. The van der Waals surface area contributed by atoms with Gasteiger partial charge in [0.25, 0.3) is 5.91 Å². The van der Waals surface area contributed by atoms with Crippen molar-refractivity contribution in [3.63, 3.8) is 0 Å². The molecule has 7 atom stereocenters. The molecular weight excluding hydrogens is 814 g/mol. The second-order valence-corrected chi connectivity index (χ2v) is 14.5. The minimum Gasteiger partial charge on any atom is -0.495 e. The average Bonchev–Trinajstić information content (AvgIpc) is 3.51. The summed E-state index contributed by atoms with van der Waals surface area (Å²) in [7, 11) is 3.16. The zero-order chi connectivity index (χ0) is 44.6. The Morgan fingerprint density at radius 2 is 1.62 bits per heavy atom. The quantitative estimate of drug-likeness (QED) is 0.0972. The van der Waals surface area contributed by atoms with Crippen molar-refractivity contribution < 1.29 is 70.0 Å². The van der Waals surface area contributed by atoms with Gasteiger partial charge in [0.05, 0.1) is 36.6 Å². The third kappa shape index (κ3) is 12.3. The molecule has 20 heteroatoms. The Kier molecular flexibility index (Phi) is 15.1. The summed E-state index contributed by atoms with van der Waals surface area (Å²) in [6.45, 7) is 3.38. The Labute approximate surface area is 348 Å². The van der Waals surface area contributed by atoms with Crippen LogP contribution in [0.1, 0.15) is 50.2 Å². The fourth-order valence-corrected chi connectivity index (χ4v) is 7.09. The van der Waals surface area contributed by atoms with Crippen LogP contribution >= 0.6 is 0 Å². The zero-order valence-corrected chi connectivity index (χ0v) is 34.2. The number of anilines is 2. The summed E-state index contributed by atoms with van der Waals surface area (Å²) >= 11 is 0. The number of piperidine rings is 1. The Balaban J connectivity index is 1.36. The molecule has 2 saturated heterocycles. The van der Waals surface area contributed by atoms with Crippen molar-refractivity contribution in [1.29, 1.82) is 0 Å². The number of hydrogen-bond acceptors (Lipinski definition) is 14. The van der Waals surface area contributed by atoms with Crippen LogP contribution in [0.5, 0.6) is 5.75 Å². The molecule has 1 amide bonds. The van der Waals surface area contributed by atoms with Crippen molar-refractivity contribution in [1.82, 2.24) is 14.8 Å². The number of nitrogens with one attached hydrogen (secondary N) is 3. The summed E-state index contributed by atoms with van der Waals surface area (Å²) in [6, 6.07) is 8.66. The maximum atomic E-state index is 14.9. The predicted octanol–water partition coefficient (Wildman–Crippen LogP) is 3.94. The number of amides is 1. The van der Waals surface area contributed by atoms with E-state index in [1.807, 2.05) is 11.9 Å². The van der Waals surface area contributed by atoms with Crippen molar-refractivity contribution in [2.75, 3.05) is 51.0 Å². The standard InChI is InChI=1S/C41H47F4N5O11/c1-22(51)57-20-35-37(58-23(2)52)38(59-24(3)53)36(40(61-35)60-25(4)54)48-39(55)26-12-13-32(34(17-26)56-6)46-15-8-9-27-18-28-30(47-31-14-16-49(5)19-29(31)42)10-7-11-33(28)50(27)21-41(43,44)45/h7,10-13,17-18,29,31,35-38,40,46-47H,14-16,19-21H2,1-6H3,(H,48,55)/t29-,31+,35+,36+,37+,38+,40+/m0/s1. The third-order valence-electron chi connectivity index (χ3n) is 9.70. The molecule has 2 fully saturated rings. The van der Waals surface area contributed by atoms with Crippen LogP contribution in [0.3, 0.4) is 0 Å². The van der Waals surface area contributed by atoms with Gasteiger partial charge in [0.2, 0.25) is 6.29 Å². The first kappa shape index (κ1) is 46.0. The highest BCUT2D eigenvalue weighted by atomic mass is 19.4. The largest absolute Gasteiger partial charge is 0.495 e. The molecule has 0 unspecified atom stereocenters. The number of rotatable bonds is 13. The number of likely N-dealkylation sites (tertiary alicyclic amines) is 1. The molecule has 0 spiro atoms. The second kappa shape index (κ2) is 20.0. The van der Waals surface area contributed by atoms with Crippen LogP contribution in [0.15, 0.2) is 42.5 Å². The monoisotopic (exact) mass is 861 g/mol. The van der Waals surface area contributed by atoms with E-state index in [0.717, 1.165) is 32.3 Å². The first-order valence-corrected chi connectivity index (χ1v) is 19.1. The second-order valence-electron chi connectivity index (χ2n) is 14.5. The highest BCUT2D eigenvalue weighted by molar-refractivity contribution is 5.96.